The highest BCUT2D eigenvalue weighted by Gasteiger charge is 2.29. The molecule has 0 bridgehead atoms. The fourth-order valence-electron chi connectivity index (χ4n) is 3.86. The third-order valence-corrected chi connectivity index (χ3v) is 5.44. The fourth-order valence-corrected chi connectivity index (χ4v) is 3.86. The van der Waals surface area contributed by atoms with Crippen LogP contribution in [0.3, 0.4) is 0 Å². The molecule has 0 aliphatic carbocycles. The number of hydrogen-bond acceptors (Lipinski definition) is 4. The van der Waals surface area contributed by atoms with Gasteiger partial charge in [-0.15, -0.1) is 0 Å². The van der Waals surface area contributed by atoms with Crippen molar-refractivity contribution in [3.8, 4) is 0 Å². The van der Waals surface area contributed by atoms with Gasteiger partial charge < -0.3 is 19.8 Å². The Labute approximate surface area is 192 Å². The van der Waals surface area contributed by atoms with Crippen LogP contribution in [0.1, 0.15) is 56.1 Å². The molecule has 1 amide bonds. The average Bonchev–Trinajstić information content (AvgIpc) is 3.07. The average molecular weight is 472 g/mol. The molecule has 0 unspecified atom stereocenters. The number of halogens is 3. The van der Waals surface area contributed by atoms with Crippen LogP contribution >= 0.6 is 0 Å². The van der Waals surface area contributed by atoms with Crippen molar-refractivity contribution < 1.29 is 37.7 Å². The van der Waals surface area contributed by atoms with Crippen molar-refractivity contribution in [2.45, 2.75) is 76.3 Å². The number of likely N-dealkylation sites (tertiary alicyclic amines) is 1. The molecule has 33 heavy (non-hydrogen) atoms. The molecular formula is C24H32F3NO5. The Bertz CT molecular complexity index is 797. The summed E-state index contributed by atoms with van der Waals surface area (Å²) in [6.07, 6.45) is 3.08. The Balaban J connectivity index is 1.79. The van der Waals surface area contributed by atoms with Crippen LogP contribution in [0.2, 0.25) is 0 Å². The fraction of sp³-hybridized carbons (Fsp3) is 0.583. The molecular weight excluding hydrogens is 439 g/mol. The Kier molecular flexibility index (Phi) is 10.9. The number of rotatable bonds is 14. The number of amides is 1. The molecule has 2 rings (SSSR count). The van der Waals surface area contributed by atoms with Gasteiger partial charge in [0.25, 0.3) is 0 Å². The number of aliphatic hydroxyl groups excluding tert-OH is 1. The molecule has 9 heteroatoms. The lowest BCUT2D eigenvalue weighted by Crippen LogP contribution is -2.32. The molecule has 0 aromatic heterocycles. The van der Waals surface area contributed by atoms with Crippen molar-refractivity contribution in [3.63, 3.8) is 0 Å². The first-order valence-electron chi connectivity index (χ1n) is 11.2. The predicted molar refractivity (Wildman–Crippen MR) is 116 cm³/mol. The van der Waals surface area contributed by atoms with Crippen molar-refractivity contribution in [2.75, 3.05) is 13.2 Å². The van der Waals surface area contributed by atoms with E-state index in [-0.39, 0.29) is 25.0 Å². The smallest absolute Gasteiger partial charge is 0.411 e. The molecule has 184 valence electrons. The second kappa shape index (κ2) is 13.3. The summed E-state index contributed by atoms with van der Waals surface area (Å²) in [6.45, 7) is -0.854. The zero-order valence-electron chi connectivity index (χ0n) is 18.6. The van der Waals surface area contributed by atoms with Gasteiger partial charge in [-0.2, -0.15) is 13.2 Å². The molecule has 2 atom stereocenters. The quantitative estimate of drug-likeness (QED) is 0.313. The molecule has 1 aliphatic heterocycles. The molecule has 0 radical (unpaired) electrons. The van der Waals surface area contributed by atoms with Gasteiger partial charge in [0.2, 0.25) is 5.91 Å². The predicted octanol–water partition coefficient (Wildman–Crippen LogP) is 4.25. The topological polar surface area (TPSA) is 87.1 Å². The lowest BCUT2D eigenvalue weighted by atomic mass is 10.0. The maximum atomic E-state index is 12.2. The number of aliphatic hydroxyl groups is 1. The largest absolute Gasteiger partial charge is 0.481 e. The number of carbonyl (C=O) groups excluding carboxylic acids is 1. The van der Waals surface area contributed by atoms with E-state index in [1.807, 2.05) is 6.08 Å². The van der Waals surface area contributed by atoms with Gasteiger partial charge in [-0.1, -0.05) is 49.3 Å². The van der Waals surface area contributed by atoms with Crippen molar-refractivity contribution >= 4 is 11.9 Å². The number of carbonyl (C=O) groups is 2. The first-order chi connectivity index (χ1) is 15.6. The second-order valence-corrected chi connectivity index (χ2v) is 8.34. The summed E-state index contributed by atoms with van der Waals surface area (Å²) < 4.78 is 41.3. The summed E-state index contributed by atoms with van der Waals surface area (Å²) in [5.41, 5.74) is 1.38. The molecule has 1 saturated heterocycles. The van der Waals surface area contributed by atoms with Gasteiger partial charge >= 0.3 is 12.1 Å². The minimum absolute atomic E-state index is 0.0757. The monoisotopic (exact) mass is 471 g/mol. The zero-order chi connectivity index (χ0) is 24.3. The SMILES string of the molecule is O=C(O)CCCCCCN1C(=O)CC[C@@H]1/C=C/[C@@H](O)Cc1cccc(COCC(F)(F)F)c1. The van der Waals surface area contributed by atoms with Gasteiger partial charge in [0.15, 0.2) is 0 Å². The van der Waals surface area contributed by atoms with Crippen LogP contribution in [0.4, 0.5) is 13.2 Å². The van der Waals surface area contributed by atoms with Crippen LogP contribution in [-0.2, 0) is 27.4 Å². The van der Waals surface area contributed by atoms with Gasteiger partial charge in [0, 0.05) is 25.8 Å². The molecule has 1 aliphatic rings. The Morgan fingerprint density at radius 3 is 2.67 bits per heavy atom. The maximum Gasteiger partial charge on any atom is 0.411 e. The molecule has 1 fully saturated rings. The number of aliphatic carboxylic acids is 1. The van der Waals surface area contributed by atoms with Crippen molar-refractivity contribution in [1.29, 1.82) is 0 Å². The van der Waals surface area contributed by atoms with Gasteiger partial charge in [-0.05, 0) is 30.4 Å². The van der Waals surface area contributed by atoms with Crippen LogP contribution in [0.5, 0.6) is 0 Å². The van der Waals surface area contributed by atoms with Crippen LogP contribution in [0.15, 0.2) is 36.4 Å². The van der Waals surface area contributed by atoms with E-state index < -0.39 is 24.9 Å². The molecule has 1 heterocycles. The minimum atomic E-state index is -4.37. The van der Waals surface area contributed by atoms with E-state index in [1.54, 1.807) is 35.2 Å². The number of hydrogen-bond donors (Lipinski definition) is 2. The van der Waals surface area contributed by atoms with Gasteiger partial charge in [-0.25, -0.2) is 0 Å². The number of alkyl halides is 3. The standard InChI is InChI=1S/C24H32F3NO5/c25-24(26,27)17-33-16-19-7-5-6-18(14-19)15-21(29)11-9-20-10-12-22(30)28(20)13-4-2-1-3-8-23(31)32/h5-7,9,11,14,20-21,29H,1-4,8,10,12-13,15-17H2,(H,31,32)/b11-9+/t20-,21+/m0/s1. The van der Waals surface area contributed by atoms with Crippen LogP contribution in [0.25, 0.3) is 0 Å². The van der Waals surface area contributed by atoms with Gasteiger partial charge in [0.1, 0.15) is 6.61 Å². The van der Waals surface area contributed by atoms with E-state index in [2.05, 4.69) is 4.74 Å². The third kappa shape index (κ3) is 10.9. The normalized spacial score (nSPS) is 17.8. The number of ether oxygens (including phenoxy) is 1. The van der Waals surface area contributed by atoms with E-state index in [0.29, 0.717) is 37.8 Å². The van der Waals surface area contributed by atoms with Crippen molar-refractivity contribution in [2.24, 2.45) is 0 Å². The Hall–Kier alpha value is -2.39. The van der Waals surface area contributed by atoms with Crippen LogP contribution in [-0.4, -0.2) is 58.5 Å². The minimum Gasteiger partial charge on any atom is -0.481 e. The first-order valence-corrected chi connectivity index (χ1v) is 11.2. The molecule has 1 aromatic carbocycles. The Morgan fingerprint density at radius 1 is 1.21 bits per heavy atom. The molecule has 0 saturated carbocycles. The summed E-state index contributed by atoms with van der Waals surface area (Å²) >= 11 is 0. The van der Waals surface area contributed by atoms with Crippen LogP contribution in [0, 0.1) is 0 Å². The van der Waals surface area contributed by atoms with E-state index in [0.717, 1.165) is 24.8 Å². The lowest BCUT2D eigenvalue weighted by Gasteiger charge is -2.22. The molecule has 0 spiro atoms. The van der Waals surface area contributed by atoms with Crippen molar-refractivity contribution in [1.82, 2.24) is 4.90 Å². The highest BCUT2D eigenvalue weighted by molar-refractivity contribution is 5.79. The molecule has 6 nitrogen and oxygen atoms in total. The number of nitrogens with zero attached hydrogens (tertiary/aromatic N) is 1. The summed E-state index contributed by atoms with van der Waals surface area (Å²) in [7, 11) is 0. The van der Waals surface area contributed by atoms with Crippen molar-refractivity contribution in [3.05, 3.63) is 47.5 Å². The third-order valence-electron chi connectivity index (χ3n) is 5.44. The van der Waals surface area contributed by atoms with Gasteiger partial charge in [0.05, 0.1) is 18.8 Å². The van der Waals surface area contributed by atoms with E-state index >= 15 is 0 Å². The highest BCUT2D eigenvalue weighted by Crippen LogP contribution is 2.21. The highest BCUT2D eigenvalue weighted by atomic mass is 19.4. The van der Waals surface area contributed by atoms with E-state index in [4.69, 9.17) is 5.11 Å². The number of carboxylic acid groups (broad SMARTS) is 1. The van der Waals surface area contributed by atoms with Crippen LogP contribution < -0.4 is 0 Å². The summed E-state index contributed by atoms with van der Waals surface area (Å²) in [5.74, 6) is -0.716. The second-order valence-electron chi connectivity index (χ2n) is 8.34. The van der Waals surface area contributed by atoms with E-state index in [1.165, 1.54) is 0 Å². The summed E-state index contributed by atoms with van der Waals surface area (Å²) in [6, 6.07) is 6.81. The zero-order valence-corrected chi connectivity index (χ0v) is 18.6. The summed E-state index contributed by atoms with van der Waals surface area (Å²) in [4.78, 5) is 24.5. The molecule has 2 N–H and O–H groups in total. The number of carboxylic acids is 1. The molecule has 1 aromatic rings. The Morgan fingerprint density at radius 2 is 1.94 bits per heavy atom. The maximum absolute atomic E-state index is 12.2. The lowest BCUT2D eigenvalue weighted by molar-refractivity contribution is -0.176. The first kappa shape index (κ1) is 26.9. The summed E-state index contributed by atoms with van der Waals surface area (Å²) in [5, 5.41) is 19.0. The number of benzene rings is 1. The number of unbranched alkanes of at least 4 members (excludes halogenated alkanes) is 3. The van der Waals surface area contributed by atoms with Gasteiger partial charge in [-0.3, -0.25) is 9.59 Å². The van der Waals surface area contributed by atoms with E-state index in [9.17, 15) is 27.9 Å².